The number of carbonyl (C=O) groups is 1. The van der Waals surface area contributed by atoms with Gasteiger partial charge in [-0.05, 0) is 46.1 Å². The Hall–Kier alpha value is -1.13. The molecule has 1 N–H and O–H groups in total. The Labute approximate surface area is 113 Å². The Morgan fingerprint density at radius 2 is 2.06 bits per heavy atom. The number of amides is 1. The summed E-state index contributed by atoms with van der Waals surface area (Å²) in [6.07, 6.45) is 0.907. The second kappa shape index (κ2) is 5.47. The zero-order valence-corrected chi connectivity index (χ0v) is 11.8. The highest BCUT2D eigenvalue weighted by atomic mass is 79.9. The van der Waals surface area contributed by atoms with Gasteiger partial charge in [0.25, 0.3) is 5.91 Å². The van der Waals surface area contributed by atoms with Crippen LogP contribution in [0.3, 0.4) is 0 Å². The van der Waals surface area contributed by atoms with Crippen molar-refractivity contribution in [1.82, 2.24) is 0 Å². The third kappa shape index (κ3) is 2.96. The number of aryl methyl sites for hydroxylation is 1. The van der Waals surface area contributed by atoms with Crippen LogP contribution in [0, 0.1) is 0 Å². The third-order valence-corrected chi connectivity index (χ3v) is 4.07. The molecule has 0 radical (unpaired) electrons. The topological polar surface area (TPSA) is 29.1 Å². The first-order valence-corrected chi connectivity index (χ1v) is 6.96. The van der Waals surface area contributed by atoms with Gasteiger partial charge in [0.2, 0.25) is 0 Å². The van der Waals surface area contributed by atoms with Crippen molar-refractivity contribution in [1.29, 1.82) is 0 Å². The van der Waals surface area contributed by atoms with E-state index >= 15 is 0 Å². The Balaban J connectivity index is 2.18. The van der Waals surface area contributed by atoms with Crippen molar-refractivity contribution in [3.8, 4) is 0 Å². The highest BCUT2D eigenvalue weighted by Gasteiger charge is 2.10. The molecule has 1 amide bonds. The van der Waals surface area contributed by atoms with Gasteiger partial charge in [-0.25, -0.2) is 0 Å². The van der Waals surface area contributed by atoms with E-state index in [9.17, 15) is 4.79 Å². The summed E-state index contributed by atoms with van der Waals surface area (Å²) in [6, 6.07) is 11.6. The standard InChI is InChI=1S/C13H12BrNOS/c1-2-9-5-3-4-6-10(9)15-13(16)11-7-8-12(14)17-11/h3-8H,2H2,1H3,(H,15,16). The van der Waals surface area contributed by atoms with Crippen molar-refractivity contribution in [3.63, 3.8) is 0 Å². The number of nitrogens with one attached hydrogen (secondary N) is 1. The molecule has 88 valence electrons. The first-order valence-electron chi connectivity index (χ1n) is 5.35. The third-order valence-electron chi connectivity index (χ3n) is 2.44. The molecule has 0 atom stereocenters. The zero-order chi connectivity index (χ0) is 12.3. The molecule has 1 heterocycles. The average Bonchev–Trinajstić information content (AvgIpc) is 2.77. The number of anilines is 1. The maximum atomic E-state index is 12.0. The molecule has 0 saturated carbocycles. The predicted octanol–water partition coefficient (Wildman–Crippen LogP) is 4.33. The Kier molecular flexibility index (Phi) is 3.97. The van der Waals surface area contributed by atoms with Crippen LogP contribution in [-0.4, -0.2) is 5.91 Å². The normalized spacial score (nSPS) is 10.2. The van der Waals surface area contributed by atoms with E-state index in [1.807, 2.05) is 36.4 Å². The van der Waals surface area contributed by atoms with Gasteiger partial charge in [-0.15, -0.1) is 11.3 Å². The predicted molar refractivity (Wildman–Crippen MR) is 75.8 cm³/mol. The number of thiophene rings is 1. The van der Waals surface area contributed by atoms with Crippen molar-refractivity contribution in [3.05, 3.63) is 50.6 Å². The van der Waals surface area contributed by atoms with Crippen LogP contribution in [0.4, 0.5) is 5.69 Å². The van der Waals surface area contributed by atoms with E-state index in [2.05, 4.69) is 28.2 Å². The average molecular weight is 310 g/mol. The van der Waals surface area contributed by atoms with E-state index in [4.69, 9.17) is 0 Å². The molecule has 2 nitrogen and oxygen atoms in total. The summed E-state index contributed by atoms with van der Waals surface area (Å²) in [7, 11) is 0. The molecule has 0 unspecified atom stereocenters. The van der Waals surface area contributed by atoms with Crippen LogP contribution in [0.25, 0.3) is 0 Å². The minimum absolute atomic E-state index is 0.0541. The lowest BCUT2D eigenvalue weighted by molar-refractivity contribution is 0.103. The van der Waals surface area contributed by atoms with E-state index in [-0.39, 0.29) is 5.91 Å². The highest BCUT2D eigenvalue weighted by Crippen LogP contribution is 2.24. The molecule has 2 aromatic rings. The molecule has 0 aliphatic rings. The van der Waals surface area contributed by atoms with Gasteiger partial charge in [0.1, 0.15) is 0 Å². The summed E-state index contributed by atoms with van der Waals surface area (Å²) in [5, 5.41) is 2.94. The lowest BCUT2D eigenvalue weighted by atomic mass is 10.1. The summed E-state index contributed by atoms with van der Waals surface area (Å²) < 4.78 is 0.964. The fourth-order valence-corrected chi connectivity index (χ4v) is 2.85. The minimum atomic E-state index is -0.0541. The number of carbonyl (C=O) groups excluding carboxylic acids is 1. The van der Waals surface area contributed by atoms with E-state index in [0.717, 1.165) is 21.5 Å². The van der Waals surface area contributed by atoms with Gasteiger partial charge in [0, 0.05) is 5.69 Å². The van der Waals surface area contributed by atoms with Crippen LogP contribution in [-0.2, 0) is 6.42 Å². The summed E-state index contributed by atoms with van der Waals surface area (Å²) in [5.41, 5.74) is 2.04. The molecule has 0 bridgehead atoms. The number of para-hydroxylation sites is 1. The van der Waals surface area contributed by atoms with E-state index in [1.165, 1.54) is 11.3 Å². The van der Waals surface area contributed by atoms with Gasteiger partial charge in [-0.1, -0.05) is 25.1 Å². The summed E-state index contributed by atoms with van der Waals surface area (Å²) in [5.74, 6) is -0.0541. The molecule has 4 heteroatoms. The molecular formula is C13H12BrNOS. The molecule has 17 heavy (non-hydrogen) atoms. The number of benzene rings is 1. The summed E-state index contributed by atoms with van der Waals surface area (Å²) in [4.78, 5) is 12.7. The maximum Gasteiger partial charge on any atom is 0.265 e. The minimum Gasteiger partial charge on any atom is -0.321 e. The van der Waals surface area contributed by atoms with Crippen molar-refractivity contribution in [2.45, 2.75) is 13.3 Å². The Morgan fingerprint density at radius 3 is 2.71 bits per heavy atom. The van der Waals surface area contributed by atoms with E-state index in [1.54, 1.807) is 0 Å². The quantitative estimate of drug-likeness (QED) is 0.898. The molecule has 2 rings (SSSR count). The molecule has 0 aliphatic heterocycles. The molecule has 0 spiro atoms. The Bertz CT molecular complexity index is 536. The molecule has 0 saturated heterocycles. The van der Waals surface area contributed by atoms with Crippen LogP contribution >= 0.6 is 27.3 Å². The number of hydrogen-bond acceptors (Lipinski definition) is 2. The van der Waals surface area contributed by atoms with Crippen LogP contribution in [0.5, 0.6) is 0 Å². The van der Waals surface area contributed by atoms with Gasteiger partial charge in [-0.3, -0.25) is 4.79 Å². The van der Waals surface area contributed by atoms with Gasteiger partial charge in [0.15, 0.2) is 0 Å². The highest BCUT2D eigenvalue weighted by molar-refractivity contribution is 9.11. The van der Waals surface area contributed by atoms with Crippen LogP contribution in [0.1, 0.15) is 22.2 Å². The van der Waals surface area contributed by atoms with Gasteiger partial charge in [-0.2, -0.15) is 0 Å². The second-order valence-electron chi connectivity index (χ2n) is 3.57. The van der Waals surface area contributed by atoms with E-state index in [0.29, 0.717) is 4.88 Å². The molecular weight excluding hydrogens is 298 g/mol. The van der Waals surface area contributed by atoms with Crippen molar-refractivity contribution < 1.29 is 4.79 Å². The molecule has 1 aromatic carbocycles. The largest absolute Gasteiger partial charge is 0.321 e. The van der Waals surface area contributed by atoms with E-state index < -0.39 is 0 Å². The summed E-state index contributed by atoms with van der Waals surface area (Å²) in [6.45, 7) is 2.08. The first kappa shape index (κ1) is 12.3. The van der Waals surface area contributed by atoms with Crippen LogP contribution in [0.2, 0.25) is 0 Å². The number of rotatable bonds is 3. The maximum absolute atomic E-state index is 12.0. The summed E-state index contributed by atoms with van der Waals surface area (Å²) >= 11 is 4.79. The monoisotopic (exact) mass is 309 g/mol. The van der Waals surface area contributed by atoms with Gasteiger partial charge >= 0.3 is 0 Å². The first-order chi connectivity index (χ1) is 8.20. The fraction of sp³-hybridized carbons (Fsp3) is 0.154. The molecule has 1 aromatic heterocycles. The lowest BCUT2D eigenvalue weighted by Crippen LogP contribution is -2.11. The smallest absolute Gasteiger partial charge is 0.265 e. The SMILES string of the molecule is CCc1ccccc1NC(=O)c1ccc(Br)s1. The number of halogens is 1. The van der Waals surface area contributed by atoms with Crippen LogP contribution in [0.15, 0.2) is 40.2 Å². The zero-order valence-electron chi connectivity index (χ0n) is 9.37. The Morgan fingerprint density at radius 1 is 1.29 bits per heavy atom. The fourth-order valence-electron chi connectivity index (χ4n) is 1.57. The van der Waals surface area contributed by atoms with Gasteiger partial charge < -0.3 is 5.32 Å². The molecule has 0 aliphatic carbocycles. The van der Waals surface area contributed by atoms with Gasteiger partial charge in [0.05, 0.1) is 8.66 Å². The van der Waals surface area contributed by atoms with Crippen molar-refractivity contribution in [2.24, 2.45) is 0 Å². The van der Waals surface area contributed by atoms with Crippen LogP contribution < -0.4 is 5.32 Å². The van der Waals surface area contributed by atoms with Crippen molar-refractivity contribution >= 4 is 38.9 Å². The second-order valence-corrected chi connectivity index (χ2v) is 6.03. The number of hydrogen-bond donors (Lipinski definition) is 1. The molecule has 0 fully saturated rings. The van der Waals surface area contributed by atoms with Crippen molar-refractivity contribution in [2.75, 3.05) is 5.32 Å². The lowest BCUT2D eigenvalue weighted by Gasteiger charge is -2.08.